The third-order valence-electron chi connectivity index (χ3n) is 4.94. The van der Waals surface area contributed by atoms with Crippen molar-refractivity contribution in [2.45, 2.75) is 82.6 Å². The lowest BCUT2D eigenvalue weighted by Gasteiger charge is -2.05. The van der Waals surface area contributed by atoms with E-state index in [2.05, 4.69) is 103 Å². The molecule has 2 rings (SSSR count). The Bertz CT molecular complexity index is 886. The summed E-state index contributed by atoms with van der Waals surface area (Å²) in [7, 11) is 0. The summed E-state index contributed by atoms with van der Waals surface area (Å²) in [5, 5.41) is 0. The molecular weight excluding hydrogens is 408 g/mol. The Morgan fingerprint density at radius 2 is 1.26 bits per heavy atom. The minimum atomic E-state index is 1.03. The first-order valence-electron chi connectivity index (χ1n) is 12.3. The van der Waals surface area contributed by atoms with Gasteiger partial charge in [-0.25, -0.2) is 0 Å². The standard InChI is InChI=1S/C12H16.C9H14.C8H10.C3H6.C2H6/c1-5-9(2)12-7-6-10(3)11(4)8-12;1-6-8(4)9(5)7(2)3;1-7-4-3-5-8(2)6-7;1-3-2;1-2/h6-8H,2,5H2,1,3-4H3;6H,2,5H2,1,3-4H3;3-6H,1-2H3;3H,1H2,2H3;1-2H3/b;8-6-;;;. The average Bonchev–Trinajstić information content (AvgIpc) is 2.81. The van der Waals surface area contributed by atoms with Crippen LogP contribution in [0.5, 0.6) is 0 Å². The molecule has 0 unspecified atom stereocenters. The first-order valence-corrected chi connectivity index (χ1v) is 12.3. The van der Waals surface area contributed by atoms with Gasteiger partial charge in [0.2, 0.25) is 0 Å². The summed E-state index contributed by atoms with van der Waals surface area (Å²) in [4.78, 5) is 0. The second-order valence-corrected chi connectivity index (χ2v) is 8.05. The van der Waals surface area contributed by atoms with Crippen LogP contribution in [-0.2, 0) is 0 Å². The first kappa shape index (κ1) is 35.7. The van der Waals surface area contributed by atoms with Crippen LogP contribution < -0.4 is 0 Å². The monoisotopic (exact) mass is 460 g/mol. The summed E-state index contributed by atoms with van der Waals surface area (Å²) in [5.74, 6) is 0. The van der Waals surface area contributed by atoms with E-state index in [1.54, 1.807) is 6.08 Å². The molecule has 2 aromatic rings. The normalized spacial score (nSPS) is 9.21. The van der Waals surface area contributed by atoms with Crippen molar-refractivity contribution in [1.82, 2.24) is 0 Å². The maximum Gasteiger partial charge on any atom is -0.0228 e. The van der Waals surface area contributed by atoms with Crippen LogP contribution in [0.2, 0.25) is 0 Å². The minimum Gasteiger partial charge on any atom is -0.103 e. The molecule has 0 bridgehead atoms. The SMILES string of the molecule is C=C(C)C(=C)/C(C)=C\C.C=C(CC)c1ccc(C)c(C)c1.C=CC.CC.Cc1cccc(C)c1. The van der Waals surface area contributed by atoms with Gasteiger partial charge in [-0.1, -0.05) is 112 Å². The summed E-state index contributed by atoms with van der Waals surface area (Å²) in [6.07, 6.45) is 4.82. The molecule has 0 saturated heterocycles. The zero-order chi connectivity index (χ0) is 27.3. The van der Waals surface area contributed by atoms with E-state index < -0.39 is 0 Å². The van der Waals surface area contributed by atoms with Gasteiger partial charge >= 0.3 is 0 Å². The largest absolute Gasteiger partial charge is 0.103 e. The van der Waals surface area contributed by atoms with Crippen molar-refractivity contribution in [2.24, 2.45) is 0 Å². The molecule has 188 valence electrons. The van der Waals surface area contributed by atoms with Crippen LogP contribution in [0.4, 0.5) is 0 Å². The Hall–Kier alpha value is -2.86. The van der Waals surface area contributed by atoms with E-state index >= 15 is 0 Å². The Balaban J connectivity index is -0.000000393. The molecule has 2 aromatic carbocycles. The molecule has 0 amide bonds. The third kappa shape index (κ3) is 17.7. The van der Waals surface area contributed by atoms with Crippen molar-refractivity contribution in [3.05, 3.63) is 125 Å². The van der Waals surface area contributed by atoms with E-state index in [0.29, 0.717) is 0 Å². The molecular formula is C34H52. The summed E-state index contributed by atoms with van der Waals surface area (Å²) in [6.45, 7) is 37.5. The van der Waals surface area contributed by atoms with Crippen LogP contribution in [0.25, 0.3) is 5.57 Å². The van der Waals surface area contributed by atoms with Crippen LogP contribution >= 0.6 is 0 Å². The fourth-order valence-electron chi connectivity index (χ4n) is 2.48. The van der Waals surface area contributed by atoms with E-state index in [-0.39, 0.29) is 0 Å². The molecule has 0 N–H and O–H groups in total. The van der Waals surface area contributed by atoms with E-state index in [1.165, 1.54) is 39.0 Å². The summed E-state index contributed by atoms with van der Waals surface area (Å²) < 4.78 is 0. The second kappa shape index (κ2) is 22.0. The predicted octanol–water partition coefficient (Wildman–Crippen LogP) is 11.3. The highest BCUT2D eigenvalue weighted by Gasteiger charge is 1.98. The topological polar surface area (TPSA) is 0 Å². The lowest BCUT2D eigenvalue weighted by Crippen LogP contribution is -1.85. The van der Waals surface area contributed by atoms with Gasteiger partial charge < -0.3 is 0 Å². The van der Waals surface area contributed by atoms with Gasteiger partial charge in [0.05, 0.1) is 0 Å². The molecule has 0 heterocycles. The van der Waals surface area contributed by atoms with Crippen molar-refractivity contribution in [3.8, 4) is 0 Å². The number of benzene rings is 2. The van der Waals surface area contributed by atoms with Crippen LogP contribution in [-0.4, -0.2) is 0 Å². The molecule has 0 aliphatic carbocycles. The highest BCUT2D eigenvalue weighted by atomic mass is 14.0. The van der Waals surface area contributed by atoms with Gasteiger partial charge in [-0.05, 0) is 95.2 Å². The lowest BCUT2D eigenvalue weighted by atomic mass is 10.0. The molecule has 0 spiro atoms. The van der Waals surface area contributed by atoms with E-state index in [1.807, 2.05) is 47.6 Å². The molecule has 0 aliphatic heterocycles. The first-order chi connectivity index (χ1) is 15.9. The van der Waals surface area contributed by atoms with Crippen molar-refractivity contribution >= 4 is 5.57 Å². The number of hydrogen-bond donors (Lipinski definition) is 0. The molecule has 0 nitrogen and oxygen atoms in total. The van der Waals surface area contributed by atoms with Crippen molar-refractivity contribution in [3.63, 3.8) is 0 Å². The molecule has 0 heteroatoms. The number of aryl methyl sites for hydroxylation is 4. The fourth-order valence-corrected chi connectivity index (χ4v) is 2.48. The van der Waals surface area contributed by atoms with Gasteiger partial charge in [-0.15, -0.1) is 6.58 Å². The molecule has 0 aliphatic rings. The Kier molecular flexibility index (Phi) is 23.1. The molecule has 0 radical (unpaired) electrons. The summed E-state index contributed by atoms with van der Waals surface area (Å²) in [5.41, 5.74) is 11.2. The van der Waals surface area contributed by atoms with Crippen molar-refractivity contribution < 1.29 is 0 Å². The Labute approximate surface area is 213 Å². The molecule has 0 atom stereocenters. The van der Waals surface area contributed by atoms with E-state index in [4.69, 9.17) is 0 Å². The van der Waals surface area contributed by atoms with Crippen molar-refractivity contribution in [2.75, 3.05) is 0 Å². The molecule has 0 fully saturated rings. The van der Waals surface area contributed by atoms with E-state index in [9.17, 15) is 0 Å². The van der Waals surface area contributed by atoms with Crippen LogP contribution in [0, 0.1) is 27.7 Å². The average molecular weight is 461 g/mol. The quantitative estimate of drug-likeness (QED) is 0.314. The van der Waals surface area contributed by atoms with Crippen LogP contribution in [0.15, 0.2) is 97.7 Å². The van der Waals surface area contributed by atoms with Crippen LogP contribution in [0.3, 0.4) is 0 Å². The van der Waals surface area contributed by atoms with Gasteiger partial charge in [-0.2, -0.15) is 0 Å². The van der Waals surface area contributed by atoms with Gasteiger partial charge in [0.15, 0.2) is 0 Å². The zero-order valence-electron chi connectivity index (χ0n) is 24.2. The maximum atomic E-state index is 4.01. The smallest absolute Gasteiger partial charge is 0.0228 e. The molecule has 0 aromatic heterocycles. The number of allylic oxidation sites excluding steroid dienone is 6. The zero-order valence-corrected chi connectivity index (χ0v) is 24.2. The van der Waals surface area contributed by atoms with Gasteiger partial charge in [-0.3, -0.25) is 0 Å². The van der Waals surface area contributed by atoms with Gasteiger partial charge in [0.1, 0.15) is 0 Å². The number of rotatable bonds is 4. The van der Waals surface area contributed by atoms with Gasteiger partial charge in [0, 0.05) is 0 Å². The Morgan fingerprint density at radius 3 is 1.53 bits per heavy atom. The summed E-state index contributed by atoms with van der Waals surface area (Å²) in [6, 6.07) is 15.0. The minimum absolute atomic E-state index is 1.03. The predicted molar refractivity (Wildman–Crippen MR) is 162 cm³/mol. The number of hydrogen-bond acceptors (Lipinski definition) is 0. The second-order valence-electron chi connectivity index (χ2n) is 8.05. The third-order valence-corrected chi connectivity index (χ3v) is 4.94. The Morgan fingerprint density at radius 1 is 0.794 bits per heavy atom. The lowest BCUT2D eigenvalue weighted by molar-refractivity contribution is 1.23. The fraction of sp³-hybridized carbons (Fsp3) is 0.353. The molecule has 0 saturated carbocycles. The highest BCUT2D eigenvalue weighted by molar-refractivity contribution is 5.64. The molecule has 34 heavy (non-hydrogen) atoms. The van der Waals surface area contributed by atoms with Gasteiger partial charge in [0.25, 0.3) is 0 Å². The summed E-state index contributed by atoms with van der Waals surface area (Å²) >= 11 is 0. The van der Waals surface area contributed by atoms with Crippen molar-refractivity contribution in [1.29, 1.82) is 0 Å². The van der Waals surface area contributed by atoms with E-state index in [0.717, 1.165) is 17.6 Å². The maximum absolute atomic E-state index is 4.01. The highest BCUT2D eigenvalue weighted by Crippen LogP contribution is 2.18. The van der Waals surface area contributed by atoms with Crippen LogP contribution in [0.1, 0.15) is 82.7 Å².